The first kappa shape index (κ1) is 29.2. The number of nitrogens with zero attached hydrogens (tertiary/aromatic N) is 6. The first-order valence-corrected chi connectivity index (χ1v) is 13.2. The molecule has 2 saturated heterocycles. The molecule has 42 heavy (non-hydrogen) atoms. The summed E-state index contributed by atoms with van der Waals surface area (Å²) in [6, 6.07) is 2.18. The van der Waals surface area contributed by atoms with Gasteiger partial charge in [0.2, 0.25) is 5.28 Å². The SMILES string of the molecule is OC1CO[C@H]2C1O[C@@H](c1nc(Cl)nn1-c1cc(Cl)cnc1C(F)(F)F)[C@@H](O)C2n1cc(-c2ccc(Cl)c(F)c2F)cn1. The molecule has 2 aliphatic heterocycles. The number of hydrogen-bond acceptors (Lipinski definition) is 8. The van der Waals surface area contributed by atoms with Gasteiger partial charge in [-0.25, -0.2) is 18.4 Å². The fourth-order valence-electron chi connectivity index (χ4n) is 5.08. The van der Waals surface area contributed by atoms with Gasteiger partial charge in [-0.3, -0.25) is 4.68 Å². The average molecular weight is 654 g/mol. The number of fused-ring (bicyclic) bond motifs is 1. The monoisotopic (exact) mass is 652 g/mol. The van der Waals surface area contributed by atoms with Gasteiger partial charge in [0.05, 0.1) is 28.5 Å². The zero-order valence-electron chi connectivity index (χ0n) is 20.6. The third kappa shape index (κ3) is 4.92. The molecule has 1 aromatic carbocycles. The van der Waals surface area contributed by atoms with Gasteiger partial charge in [0, 0.05) is 23.5 Å². The highest BCUT2D eigenvalue weighted by Crippen LogP contribution is 2.44. The normalized spacial score (nSPS) is 26.0. The maximum atomic E-state index is 14.6. The summed E-state index contributed by atoms with van der Waals surface area (Å²) < 4.78 is 83.8. The number of ether oxygens (including phenoxy) is 2. The van der Waals surface area contributed by atoms with Crippen molar-refractivity contribution in [3.05, 3.63) is 75.3 Å². The Hall–Kier alpha value is -2.92. The zero-order chi connectivity index (χ0) is 30.1. The standard InChI is InChI=1S/C24H16Cl3F5N6O4/c25-9-3-12(21(33-5-9)24(30,31)32)38-22(35-23(27)36-38)20-17(40)16(19-18(42-20)13(39)7-41-19)37-6-8(4-34-37)10-1-2-11(26)15(29)14(10)28/h1-6,13,16-20,39-40H,7H2/t13?,16?,17-,18?,19+,20+/m0/s1. The molecule has 2 fully saturated rings. The molecule has 2 aliphatic rings. The van der Waals surface area contributed by atoms with Gasteiger partial charge in [-0.15, -0.1) is 5.10 Å². The number of halogens is 8. The van der Waals surface area contributed by atoms with E-state index in [1.54, 1.807) is 0 Å². The third-order valence-electron chi connectivity index (χ3n) is 6.91. The van der Waals surface area contributed by atoms with Crippen LogP contribution in [0.3, 0.4) is 0 Å². The Morgan fingerprint density at radius 3 is 2.52 bits per heavy atom. The van der Waals surface area contributed by atoms with Crippen molar-refractivity contribution in [1.29, 1.82) is 0 Å². The molecule has 18 heteroatoms. The molecule has 6 rings (SSSR count). The van der Waals surface area contributed by atoms with Crippen LogP contribution >= 0.6 is 34.8 Å². The summed E-state index contributed by atoms with van der Waals surface area (Å²) in [4.78, 5) is 7.39. The van der Waals surface area contributed by atoms with Crippen LogP contribution in [0.2, 0.25) is 15.3 Å². The van der Waals surface area contributed by atoms with E-state index in [9.17, 15) is 32.2 Å². The molecule has 0 bridgehead atoms. The summed E-state index contributed by atoms with van der Waals surface area (Å²) in [5.41, 5.74) is -2.08. The number of alkyl halides is 3. The molecular weight excluding hydrogens is 638 g/mol. The van der Waals surface area contributed by atoms with Crippen molar-refractivity contribution < 1.29 is 41.6 Å². The molecule has 0 aliphatic carbocycles. The van der Waals surface area contributed by atoms with Crippen LogP contribution in [-0.2, 0) is 15.7 Å². The van der Waals surface area contributed by atoms with E-state index in [0.29, 0.717) is 4.68 Å². The van der Waals surface area contributed by atoms with E-state index in [4.69, 9.17) is 44.3 Å². The van der Waals surface area contributed by atoms with Crippen molar-refractivity contribution in [2.75, 3.05) is 6.61 Å². The lowest BCUT2D eigenvalue weighted by atomic mass is 9.91. The Kier molecular flexibility index (Phi) is 7.40. The Balaban J connectivity index is 1.44. The molecule has 4 aromatic rings. The highest BCUT2D eigenvalue weighted by molar-refractivity contribution is 6.31. The Labute approximate surface area is 247 Å². The van der Waals surface area contributed by atoms with Crippen LogP contribution in [0.25, 0.3) is 16.8 Å². The molecule has 3 unspecified atom stereocenters. The fraction of sp³-hybridized carbons (Fsp3) is 0.333. The first-order chi connectivity index (χ1) is 19.8. The summed E-state index contributed by atoms with van der Waals surface area (Å²) in [6.07, 6.45) is -8.19. The van der Waals surface area contributed by atoms with E-state index in [2.05, 4.69) is 20.2 Å². The van der Waals surface area contributed by atoms with Gasteiger partial charge in [-0.1, -0.05) is 23.2 Å². The third-order valence-corrected chi connectivity index (χ3v) is 7.57. The summed E-state index contributed by atoms with van der Waals surface area (Å²) in [5.74, 6) is -2.86. The van der Waals surface area contributed by atoms with E-state index >= 15 is 0 Å². The van der Waals surface area contributed by atoms with E-state index in [-0.39, 0.29) is 28.6 Å². The van der Waals surface area contributed by atoms with Gasteiger partial charge >= 0.3 is 6.18 Å². The lowest BCUT2D eigenvalue weighted by Gasteiger charge is -2.41. The summed E-state index contributed by atoms with van der Waals surface area (Å²) in [6.45, 7) is -0.208. The minimum absolute atomic E-state index is 0.111. The molecule has 0 amide bonds. The minimum atomic E-state index is -4.94. The van der Waals surface area contributed by atoms with E-state index in [0.717, 1.165) is 18.3 Å². The van der Waals surface area contributed by atoms with Crippen molar-refractivity contribution in [2.45, 2.75) is 42.7 Å². The quantitative estimate of drug-likeness (QED) is 0.243. The molecule has 6 atom stereocenters. The number of aromatic nitrogens is 6. The molecule has 222 valence electrons. The van der Waals surface area contributed by atoms with Crippen molar-refractivity contribution in [1.82, 2.24) is 29.5 Å². The lowest BCUT2D eigenvalue weighted by molar-refractivity contribution is -0.196. The van der Waals surface area contributed by atoms with Gasteiger partial charge in [0.1, 0.15) is 36.6 Å². The van der Waals surface area contributed by atoms with Crippen molar-refractivity contribution >= 4 is 34.8 Å². The molecule has 0 spiro atoms. The number of rotatable bonds is 4. The van der Waals surface area contributed by atoms with E-state index in [1.807, 2.05) is 0 Å². The van der Waals surface area contributed by atoms with Crippen LogP contribution in [0.4, 0.5) is 22.0 Å². The zero-order valence-corrected chi connectivity index (χ0v) is 22.8. The number of hydrogen-bond donors (Lipinski definition) is 2. The molecule has 10 nitrogen and oxygen atoms in total. The van der Waals surface area contributed by atoms with Gasteiger partial charge < -0.3 is 19.7 Å². The van der Waals surface area contributed by atoms with Crippen LogP contribution in [-0.4, -0.2) is 70.8 Å². The average Bonchev–Trinajstić information content (AvgIpc) is 3.65. The Morgan fingerprint density at radius 2 is 1.79 bits per heavy atom. The summed E-state index contributed by atoms with van der Waals surface area (Å²) in [7, 11) is 0. The predicted molar refractivity (Wildman–Crippen MR) is 135 cm³/mol. The van der Waals surface area contributed by atoms with Gasteiger partial charge in [-0.05, 0) is 29.8 Å². The van der Waals surface area contributed by atoms with Crippen LogP contribution in [0, 0.1) is 11.6 Å². The second-order valence-electron chi connectivity index (χ2n) is 9.47. The molecule has 0 radical (unpaired) electrons. The highest BCUT2D eigenvalue weighted by Gasteiger charge is 2.55. The molecule has 5 heterocycles. The van der Waals surface area contributed by atoms with Crippen LogP contribution in [0.1, 0.15) is 23.7 Å². The largest absolute Gasteiger partial charge is 0.435 e. The lowest BCUT2D eigenvalue weighted by Crippen LogP contribution is -2.52. The molecular formula is C24H16Cl3F5N6O4. The minimum Gasteiger partial charge on any atom is -0.388 e. The van der Waals surface area contributed by atoms with E-state index < -0.39 is 76.1 Å². The van der Waals surface area contributed by atoms with Gasteiger partial charge in [0.25, 0.3) is 0 Å². The van der Waals surface area contributed by atoms with Crippen LogP contribution in [0.5, 0.6) is 0 Å². The van der Waals surface area contributed by atoms with Crippen molar-refractivity contribution in [2.24, 2.45) is 0 Å². The van der Waals surface area contributed by atoms with Crippen LogP contribution in [0.15, 0.2) is 36.8 Å². The van der Waals surface area contributed by atoms with Crippen molar-refractivity contribution in [3.8, 4) is 16.8 Å². The van der Waals surface area contributed by atoms with Gasteiger partial charge in [-0.2, -0.15) is 23.3 Å². The summed E-state index contributed by atoms with van der Waals surface area (Å²) >= 11 is 17.6. The molecule has 3 aromatic heterocycles. The maximum absolute atomic E-state index is 14.6. The van der Waals surface area contributed by atoms with Crippen molar-refractivity contribution in [3.63, 3.8) is 0 Å². The predicted octanol–water partition coefficient (Wildman–Crippen LogP) is 4.58. The second-order valence-corrected chi connectivity index (χ2v) is 10.7. The fourth-order valence-corrected chi connectivity index (χ4v) is 5.54. The topological polar surface area (TPSA) is 120 Å². The number of pyridine rings is 1. The second kappa shape index (κ2) is 10.7. The smallest absolute Gasteiger partial charge is 0.388 e. The highest BCUT2D eigenvalue weighted by atomic mass is 35.5. The maximum Gasteiger partial charge on any atom is 0.435 e. The summed E-state index contributed by atoms with van der Waals surface area (Å²) in [5, 5.41) is 29.1. The van der Waals surface area contributed by atoms with Crippen LogP contribution < -0.4 is 0 Å². The number of aliphatic hydroxyl groups is 2. The van der Waals surface area contributed by atoms with Gasteiger partial charge in [0.15, 0.2) is 23.2 Å². The Bertz CT molecular complexity index is 1670. The first-order valence-electron chi connectivity index (χ1n) is 12.0. The molecule has 0 saturated carbocycles. The number of aliphatic hydroxyl groups excluding tert-OH is 2. The Morgan fingerprint density at radius 1 is 1.02 bits per heavy atom. The number of benzene rings is 1. The molecule has 2 N–H and O–H groups in total. The van der Waals surface area contributed by atoms with E-state index in [1.165, 1.54) is 23.1 Å².